The third-order valence-corrected chi connectivity index (χ3v) is 0.989. The van der Waals surface area contributed by atoms with E-state index < -0.39 is 0 Å². The molecule has 2 heteroatoms. The van der Waals surface area contributed by atoms with Gasteiger partial charge in [0.1, 0.15) is 0 Å². The lowest BCUT2D eigenvalue weighted by Crippen LogP contribution is -2.01. The van der Waals surface area contributed by atoms with Gasteiger partial charge < -0.3 is 4.79 Å². The van der Waals surface area contributed by atoms with E-state index in [0.29, 0.717) is 0 Å². The fourth-order valence-electron chi connectivity index (χ4n) is 0.509. The number of unbranched alkanes of at least 4 members (excludes halogenated alkanes) is 1. The van der Waals surface area contributed by atoms with Crippen LogP contribution in [0.25, 0.3) is 0 Å². The van der Waals surface area contributed by atoms with Gasteiger partial charge in [0.15, 0.2) is 0 Å². The Balaban J connectivity index is 2.82. The normalized spacial score (nSPS) is 8.75. The van der Waals surface area contributed by atoms with Gasteiger partial charge in [-0.2, -0.15) is 0 Å². The summed E-state index contributed by atoms with van der Waals surface area (Å²) >= 11 is 0. The van der Waals surface area contributed by atoms with Crippen LogP contribution in [-0.2, 0) is 4.79 Å². The van der Waals surface area contributed by atoms with Crippen molar-refractivity contribution in [2.24, 2.45) is 0 Å². The standard InChI is InChI=1S/C6H12BO/c1-3-4-5-7-6(2)8/h3-5H2,1-2H3. The number of hydrogen-bond acceptors (Lipinski definition) is 1. The molecule has 0 amide bonds. The van der Waals surface area contributed by atoms with Gasteiger partial charge in [0.2, 0.25) is 7.28 Å². The molecule has 1 radical (unpaired) electrons. The molecule has 0 saturated carbocycles. The van der Waals surface area contributed by atoms with Crippen LogP contribution in [0.1, 0.15) is 26.7 Å². The minimum Gasteiger partial charge on any atom is -0.312 e. The van der Waals surface area contributed by atoms with E-state index >= 15 is 0 Å². The SMILES string of the molecule is CCCC[B]C(C)=O. The Bertz CT molecular complexity index is 70.9. The average Bonchev–Trinajstić information content (AvgIpc) is 1.66. The Kier molecular flexibility index (Phi) is 4.72. The first-order valence-corrected chi connectivity index (χ1v) is 3.11. The molecule has 0 rings (SSSR count). The topological polar surface area (TPSA) is 17.1 Å². The fraction of sp³-hybridized carbons (Fsp3) is 0.833. The minimum absolute atomic E-state index is 0.193. The molecule has 0 aromatic rings. The van der Waals surface area contributed by atoms with Crippen molar-refractivity contribution in [3.8, 4) is 0 Å². The second-order valence-corrected chi connectivity index (χ2v) is 1.96. The first-order chi connectivity index (χ1) is 3.77. The summed E-state index contributed by atoms with van der Waals surface area (Å²) in [5.41, 5.74) is 0.193. The minimum atomic E-state index is 0.193. The molecule has 0 aliphatic heterocycles. The zero-order valence-electron chi connectivity index (χ0n) is 5.61. The molecule has 0 fully saturated rings. The van der Waals surface area contributed by atoms with Crippen molar-refractivity contribution >= 4 is 13.0 Å². The van der Waals surface area contributed by atoms with E-state index in [2.05, 4.69) is 6.92 Å². The van der Waals surface area contributed by atoms with Crippen LogP contribution in [0.3, 0.4) is 0 Å². The quantitative estimate of drug-likeness (QED) is 0.396. The van der Waals surface area contributed by atoms with E-state index in [1.54, 1.807) is 14.2 Å². The average molecular weight is 111 g/mol. The summed E-state index contributed by atoms with van der Waals surface area (Å²) in [7, 11) is 1.74. The van der Waals surface area contributed by atoms with E-state index in [-0.39, 0.29) is 5.68 Å². The Morgan fingerprint density at radius 2 is 2.25 bits per heavy atom. The number of hydrogen-bond donors (Lipinski definition) is 0. The van der Waals surface area contributed by atoms with Gasteiger partial charge >= 0.3 is 0 Å². The van der Waals surface area contributed by atoms with Crippen molar-refractivity contribution < 1.29 is 4.79 Å². The summed E-state index contributed by atoms with van der Waals surface area (Å²) in [6.07, 6.45) is 3.26. The summed E-state index contributed by atoms with van der Waals surface area (Å²) in [5.74, 6) is 0. The fourth-order valence-corrected chi connectivity index (χ4v) is 0.509. The molecule has 0 unspecified atom stereocenters. The van der Waals surface area contributed by atoms with Gasteiger partial charge in [-0.15, -0.1) is 0 Å². The van der Waals surface area contributed by atoms with Crippen LogP contribution in [0.15, 0.2) is 0 Å². The summed E-state index contributed by atoms with van der Waals surface area (Å²) in [4.78, 5) is 10.3. The monoisotopic (exact) mass is 111 g/mol. The lowest BCUT2D eigenvalue weighted by atomic mass is 9.69. The first-order valence-electron chi connectivity index (χ1n) is 3.11. The van der Waals surface area contributed by atoms with Gasteiger partial charge in [0, 0.05) is 0 Å². The third kappa shape index (κ3) is 5.73. The zero-order valence-corrected chi connectivity index (χ0v) is 5.61. The molecule has 0 aliphatic carbocycles. The van der Waals surface area contributed by atoms with E-state index in [4.69, 9.17) is 0 Å². The van der Waals surface area contributed by atoms with Crippen LogP contribution < -0.4 is 0 Å². The summed E-state index contributed by atoms with van der Waals surface area (Å²) in [6, 6.07) is 0. The molecule has 0 atom stereocenters. The Hall–Kier alpha value is -0.265. The van der Waals surface area contributed by atoms with Crippen LogP contribution in [0, 0.1) is 0 Å². The van der Waals surface area contributed by atoms with Crippen molar-refractivity contribution in [1.82, 2.24) is 0 Å². The Morgan fingerprint density at radius 1 is 1.62 bits per heavy atom. The summed E-state index contributed by atoms with van der Waals surface area (Å²) < 4.78 is 0. The lowest BCUT2D eigenvalue weighted by molar-refractivity contribution is -0.110. The molecule has 45 valence electrons. The number of rotatable bonds is 4. The molecule has 0 N–H and O–H groups in total. The first kappa shape index (κ1) is 7.73. The Labute approximate surface area is 51.7 Å². The van der Waals surface area contributed by atoms with E-state index in [1.807, 2.05) is 0 Å². The van der Waals surface area contributed by atoms with Gasteiger partial charge in [0.05, 0.1) is 5.68 Å². The smallest absolute Gasteiger partial charge is 0.201 e. The van der Waals surface area contributed by atoms with Gasteiger partial charge in [-0.05, 0) is 6.92 Å². The molecule has 0 spiro atoms. The molecule has 1 nitrogen and oxygen atoms in total. The van der Waals surface area contributed by atoms with Crippen LogP contribution in [-0.4, -0.2) is 13.0 Å². The highest BCUT2D eigenvalue weighted by atomic mass is 16.1. The van der Waals surface area contributed by atoms with Crippen LogP contribution in [0.5, 0.6) is 0 Å². The second kappa shape index (κ2) is 4.88. The van der Waals surface area contributed by atoms with Gasteiger partial charge in [0.25, 0.3) is 0 Å². The third-order valence-electron chi connectivity index (χ3n) is 0.989. The van der Waals surface area contributed by atoms with Crippen molar-refractivity contribution in [2.75, 3.05) is 0 Å². The maximum Gasteiger partial charge on any atom is 0.201 e. The molecule has 0 saturated heterocycles. The highest BCUT2D eigenvalue weighted by Gasteiger charge is 1.93. The second-order valence-electron chi connectivity index (χ2n) is 1.96. The number of carbonyl (C=O) groups is 1. The molecule has 0 aromatic heterocycles. The maximum absolute atomic E-state index is 10.3. The predicted octanol–water partition coefficient (Wildman–Crippen LogP) is 1.46. The van der Waals surface area contributed by atoms with Crippen molar-refractivity contribution in [2.45, 2.75) is 33.0 Å². The highest BCUT2D eigenvalue weighted by Crippen LogP contribution is 1.92. The lowest BCUT2D eigenvalue weighted by Gasteiger charge is -1.88. The molecular formula is C6H12BO. The van der Waals surface area contributed by atoms with E-state index in [1.165, 1.54) is 6.42 Å². The predicted molar refractivity (Wildman–Crippen MR) is 36.1 cm³/mol. The molecule has 0 heterocycles. The molecule has 0 aromatic carbocycles. The van der Waals surface area contributed by atoms with Crippen molar-refractivity contribution in [3.63, 3.8) is 0 Å². The molecular weight excluding hydrogens is 98.9 g/mol. The van der Waals surface area contributed by atoms with E-state index in [9.17, 15) is 4.79 Å². The van der Waals surface area contributed by atoms with Gasteiger partial charge in [-0.3, -0.25) is 0 Å². The summed E-state index contributed by atoms with van der Waals surface area (Å²) in [6.45, 7) is 3.71. The maximum atomic E-state index is 10.3. The highest BCUT2D eigenvalue weighted by molar-refractivity contribution is 6.73. The van der Waals surface area contributed by atoms with E-state index in [0.717, 1.165) is 12.7 Å². The van der Waals surface area contributed by atoms with Crippen LogP contribution in [0.2, 0.25) is 6.32 Å². The van der Waals surface area contributed by atoms with Gasteiger partial charge in [-0.25, -0.2) is 0 Å². The molecule has 0 aliphatic rings. The van der Waals surface area contributed by atoms with Crippen LogP contribution in [0.4, 0.5) is 0 Å². The molecule has 8 heavy (non-hydrogen) atoms. The largest absolute Gasteiger partial charge is 0.312 e. The Morgan fingerprint density at radius 3 is 2.62 bits per heavy atom. The van der Waals surface area contributed by atoms with Crippen molar-refractivity contribution in [1.29, 1.82) is 0 Å². The number of carbonyl (C=O) groups excluding carboxylic acids is 1. The summed E-state index contributed by atoms with van der Waals surface area (Å²) in [5, 5.41) is 0. The van der Waals surface area contributed by atoms with Crippen LogP contribution >= 0.6 is 0 Å². The zero-order chi connectivity index (χ0) is 6.41. The van der Waals surface area contributed by atoms with Crippen molar-refractivity contribution in [3.05, 3.63) is 0 Å². The molecule has 0 bridgehead atoms. The van der Waals surface area contributed by atoms with Gasteiger partial charge in [-0.1, -0.05) is 26.1 Å².